The molecule has 144 valence electrons. The van der Waals surface area contributed by atoms with Crippen molar-refractivity contribution in [1.29, 1.82) is 0 Å². The van der Waals surface area contributed by atoms with Crippen molar-refractivity contribution in [1.82, 2.24) is 4.90 Å². The highest BCUT2D eigenvalue weighted by Gasteiger charge is 2.39. The molecule has 0 saturated heterocycles. The first-order valence-electron chi connectivity index (χ1n) is 9.73. The van der Waals surface area contributed by atoms with Gasteiger partial charge in [-0.15, -0.1) is 0 Å². The van der Waals surface area contributed by atoms with Gasteiger partial charge in [0.1, 0.15) is 5.70 Å². The van der Waals surface area contributed by atoms with E-state index < -0.39 is 0 Å². The molecule has 3 aromatic carbocycles. The van der Waals surface area contributed by atoms with Gasteiger partial charge >= 0.3 is 0 Å². The van der Waals surface area contributed by atoms with Crippen LogP contribution in [0.5, 0.6) is 0 Å². The number of nitrogens with one attached hydrogen (secondary N) is 1. The predicted molar refractivity (Wildman–Crippen MR) is 115 cm³/mol. The summed E-state index contributed by atoms with van der Waals surface area (Å²) < 4.78 is 0. The summed E-state index contributed by atoms with van der Waals surface area (Å²) in [5, 5.41) is 3.20. The molecule has 29 heavy (non-hydrogen) atoms. The minimum atomic E-state index is -0.308. The molecule has 0 unspecified atom stereocenters. The Morgan fingerprint density at radius 2 is 1.34 bits per heavy atom. The van der Waals surface area contributed by atoms with E-state index in [1.807, 2.05) is 84.9 Å². The van der Waals surface area contributed by atoms with Crippen molar-refractivity contribution in [2.24, 2.45) is 0 Å². The van der Waals surface area contributed by atoms with Gasteiger partial charge in [0, 0.05) is 5.69 Å². The van der Waals surface area contributed by atoms with Crippen LogP contribution in [0.4, 0.5) is 5.69 Å². The number of carbonyl (C=O) groups excluding carboxylic acids is 2. The van der Waals surface area contributed by atoms with Crippen molar-refractivity contribution in [2.75, 3.05) is 5.32 Å². The molecule has 0 spiro atoms. The van der Waals surface area contributed by atoms with Crippen LogP contribution in [0.1, 0.15) is 23.6 Å². The van der Waals surface area contributed by atoms with Crippen LogP contribution in [0.3, 0.4) is 0 Å². The zero-order valence-electron chi connectivity index (χ0n) is 16.3. The van der Waals surface area contributed by atoms with Gasteiger partial charge < -0.3 is 5.32 Å². The molecular formula is C25H22N2O2. The lowest BCUT2D eigenvalue weighted by atomic mass is 10.0. The quantitative estimate of drug-likeness (QED) is 0.632. The number of hydrogen-bond acceptors (Lipinski definition) is 3. The average molecular weight is 382 g/mol. The lowest BCUT2D eigenvalue weighted by Crippen LogP contribution is -2.31. The van der Waals surface area contributed by atoms with Crippen LogP contribution in [-0.4, -0.2) is 16.7 Å². The maximum absolute atomic E-state index is 13.2. The van der Waals surface area contributed by atoms with E-state index in [1.54, 1.807) is 0 Å². The summed E-state index contributed by atoms with van der Waals surface area (Å²) >= 11 is 0. The Balaban J connectivity index is 1.71. The molecule has 0 atom stereocenters. The van der Waals surface area contributed by atoms with Crippen LogP contribution in [0.25, 0.3) is 5.57 Å². The minimum Gasteiger partial charge on any atom is -0.350 e. The largest absolute Gasteiger partial charge is 0.350 e. The number of benzene rings is 3. The van der Waals surface area contributed by atoms with E-state index in [0.717, 1.165) is 23.2 Å². The standard InChI is InChI=1S/C25H22N2O2/c1-2-18-13-15-21(16-14-18)26-23-22(20-11-7-4-8-12-20)24(28)27(25(23)29)17-19-9-5-3-6-10-19/h3-16,26H,2,17H2,1H3. The molecule has 0 radical (unpaired) electrons. The lowest BCUT2D eigenvalue weighted by Gasteiger charge is -2.15. The summed E-state index contributed by atoms with van der Waals surface area (Å²) in [5.74, 6) is -0.588. The zero-order chi connectivity index (χ0) is 20.2. The molecule has 0 bridgehead atoms. The number of amides is 2. The fraction of sp³-hybridized carbons (Fsp3) is 0.120. The summed E-state index contributed by atoms with van der Waals surface area (Å²) in [5.41, 5.74) is 4.37. The molecule has 0 aromatic heterocycles. The highest BCUT2D eigenvalue weighted by atomic mass is 16.2. The maximum atomic E-state index is 13.2. The minimum absolute atomic E-state index is 0.245. The number of hydrogen-bond donors (Lipinski definition) is 1. The van der Waals surface area contributed by atoms with Crippen molar-refractivity contribution in [3.63, 3.8) is 0 Å². The van der Waals surface area contributed by atoms with E-state index >= 15 is 0 Å². The van der Waals surface area contributed by atoms with E-state index in [-0.39, 0.29) is 18.4 Å². The number of anilines is 1. The predicted octanol–water partition coefficient (Wildman–Crippen LogP) is 4.64. The van der Waals surface area contributed by atoms with Crippen LogP contribution in [-0.2, 0) is 22.6 Å². The number of carbonyl (C=O) groups is 2. The molecule has 0 aliphatic carbocycles. The highest BCUT2D eigenvalue weighted by Crippen LogP contribution is 2.31. The molecule has 0 saturated carbocycles. The second kappa shape index (κ2) is 8.15. The normalized spacial score (nSPS) is 13.9. The van der Waals surface area contributed by atoms with Gasteiger partial charge in [-0.1, -0.05) is 79.7 Å². The van der Waals surface area contributed by atoms with Gasteiger partial charge in [-0.25, -0.2) is 0 Å². The van der Waals surface area contributed by atoms with E-state index in [9.17, 15) is 9.59 Å². The van der Waals surface area contributed by atoms with Crippen LogP contribution in [0.15, 0.2) is 90.6 Å². The van der Waals surface area contributed by atoms with Crippen LogP contribution < -0.4 is 5.32 Å². The Kier molecular flexibility index (Phi) is 5.25. The number of imide groups is 1. The molecule has 3 aromatic rings. The Morgan fingerprint density at radius 3 is 1.97 bits per heavy atom. The number of rotatable bonds is 6. The molecule has 1 heterocycles. The third-order valence-corrected chi connectivity index (χ3v) is 5.05. The summed E-state index contributed by atoms with van der Waals surface area (Å²) in [6.07, 6.45) is 0.945. The highest BCUT2D eigenvalue weighted by molar-refractivity contribution is 6.36. The summed E-state index contributed by atoms with van der Waals surface area (Å²) in [6, 6.07) is 26.8. The Labute approximate surface area is 170 Å². The lowest BCUT2D eigenvalue weighted by molar-refractivity contribution is -0.137. The first-order valence-corrected chi connectivity index (χ1v) is 9.73. The number of aryl methyl sites for hydroxylation is 1. The van der Waals surface area contributed by atoms with Gasteiger partial charge in [-0.05, 0) is 35.2 Å². The van der Waals surface area contributed by atoms with Gasteiger partial charge in [-0.3, -0.25) is 14.5 Å². The monoisotopic (exact) mass is 382 g/mol. The molecule has 1 N–H and O–H groups in total. The Bertz CT molecular complexity index is 1050. The summed E-state index contributed by atoms with van der Waals surface area (Å²) in [4.78, 5) is 27.8. The van der Waals surface area contributed by atoms with Gasteiger partial charge in [0.2, 0.25) is 0 Å². The first kappa shape index (κ1) is 18.7. The molecule has 2 amide bonds. The average Bonchev–Trinajstić information content (AvgIpc) is 3.00. The van der Waals surface area contributed by atoms with E-state index in [1.165, 1.54) is 10.5 Å². The second-order valence-electron chi connectivity index (χ2n) is 6.97. The molecule has 0 fully saturated rings. The molecular weight excluding hydrogens is 360 g/mol. The topological polar surface area (TPSA) is 49.4 Å². The SMILES string of the molecule is CCc1ccc(NC2=C(c3ccccc3)C(=O)N(Cc3ccccc3)C2=O)cc1. The second-order valence-corrected chi connectivity index (χ2v) is 6.97. The summed E-state index contributed by atoms with van der Waals surface area (Å²) in [6.45, 7) is 2.34. The van der Waals surface area contributed by atoms with E-state index in [4.69, 9.17) is 0 Å². The fourth-order valence-corrected chi connectivity index (χ4v) is 3.44. The Hall–Kier alpha value is -3.66. The van der Waals surface area contributed by atoms with Crippen molar-refractivity contribution in [3.8, 4) is 0 Å². The smallest absolute Gasteiger partial charge is 0.278 e. The van der Waals surface area contributed by atoms with Crippen molar-refractivity contribution < 1.29 is 9.59 Å². The maximum Gasteiger partial charge on any atom is 0.278 e. The van der Waals surface area contributed by atoms with Gasteiger partial charge in [0.05, 0.1) is 12.1 Å². The van der Waals surface area contributed by atoms with Crippen molar-refractivity contribution in [3.05, 3.63) is 107 Å². The van der Waals surface area contributed by atoms with Crippen LogP contribution >= 0.6 is 0 Å². The third kappa shape index (κ3) is 3.83. The molecule has 1 aliphatic rings. The summed E-state index contributed by atoms with van der Waals surface area (Å²) in [7, 11) is 0. The Morgan fingerprint density at radius 1 is 0.724 bits per heavy atom. The fourth-order valence-electron chi connectivity index (χ4n) is 3.44. The first-order chi connectivity index (χ1) is 14.2. The zero-order valence-corrected chi connectivity index (χ0v) is 16.3. The molecule has 4 nitrogen and oxygen atoms in total. The molecule has 1 aliphatic heterocycles. The van der Waals surface area contributed by atoms with Crippen molar-refractivity contribution in [2.45, 2.75) is 19.9 Å². The number of nitrogens with zero attached hydrogens (tertiary/aromatic N) is 1. The van der Waals surface area contributed by atoms with Gasteiger partial charge in [-0.2, -0.15) is 0 Å². The van der Waals surface area contributed by atoms with E-state index in [0.29, 0.717) is 11.3 Å². The molecule has 4 rings (SSSR count). The van der Waals surface area contributed by atoms with E-state index in [2.05, 4.69) is 12.2 Å². The van der Waals surface area contributed by atoms with Gasteiger partial charge in [0.25, 0.3) is 11.8 Å². The van der Waals surface area contributed by atoms with Gasteiger partial charge in [0.15, 0.2) is 0 Å². The van der Waals surface area contributed by atoms with Crippen LogP contribution in [0.2, 0.25) is 0 Å². The third-order valence-electron chi connectivity index (χ3n) is 5.05. The van der Waals surface area contributed by atoms with Crippen molar-refractivity contribution >= 4 is 23.1 Å². The molecule has 4 heteroatoms. The van der Waals surface area contributed by atoms with Crippen LogP contribution in [0, 0.1) is 0 Å².